The minimum Gasteiger partial charge on any atom is -0.465 e. The number of hydrogen-bond donors (Lipinski definition) is 0. The Labute approximate surface area is 121 Å². The van der Waals surface area contributed by atoms with Crippen molar-refractivity contribution in [3.8, 4) is 24.2 Å². The van der Waals surface area contributed by atoms with Crippen LogP contribution in [0.4, 0.5) is 0 Å². The summed E-state index contributed by atoms with van der Waals surface area (Å²) in [5.41, 5.74) is 1.05. The molecule has 0 fully saturated rings. The highest BCUT2D eigenvalue weighted by Crippen LogP contribution is 2.04. The molecule has 0 bridgehead atoms. The first-order valence-electron chi connectivity index (χ1n) is 6.96. The average molecular weight is 268 g/mol. The number of carbonyl (C=O) groups excluding carboxylic acids is 1. The van der Waals surface area contributed by atoms with Crippen molar-refractivity contribution in [1.82, 2.24) is 0 Å². The van der Waals surface area contributed by atoms with Gasteiger partial charge in [-0.3, -0.25) is 4.79 Å². The maximum Gasteiger partial charge on any atom is 0.305 e. The second-order valence-corrected chi connectivity index (χ2v) is 4.40. The SMILES string of the molecule is C#CCCOC(=O)CCCCCC#Cc1ccccc1. The van der Waals surface area contributed by atoms with Crippen LogP contribution in [0.3, 0.4) is 0 Å². The van der Waals surface area contributed by atoms with Crippen LogP contribution in [-0.4, -0.2) is 12.6 Å². The van der Waals surface area contributed by atoms with E-state index in [1.165, 1.54) is 0 Å². The second-order valence-electron chi connectivity index (χ2n) is 4.40. The van der Waals surface area contributed by atoms with Crippen LogP contribution in [-0.2, 0) is 9.53 Å². The molecule has 0 amide bonds. The Morgan fingerprint density at radius 1 is 1.10 bits per heavy atom. The fourth-order valence-corrected chi connectivity index (χ4v) is 1.64. The molecule has 0 radical (unpaired) electrons. The molecule has 2 nitrogen and oxygen atoms in total. The molecule has 1 aromatic carbocycles. The number of carbonyl (C=O) groups is 1. The lowest BCUT2D eigenvalue weighted by Crippen LogP contribution is -2.04. The summed E-state index contributed by atoms with van der Waals surface area (Å²) in [4.78, 5) is 11.3. The van der Waals surface area contributed by atoms with Gasteiger partial charge in [0.25, 0.3) is 0 Å². The first-order valence-corrected chi connectivity index (χ1v) is 6.96. The number of rotatable bonds is 7. The van der Waals surface area contributed by atoms with E-state index in [0.29, 0.717) is 19.4 Å². The topological polar surface area (TPSA) is 26.3 Å². The van der Waals surface area contributed by atoms with E-state index in [9.17, 15) is 4.79 Å². The van der Waals surface area contributed by atoms with Crippen molar-refractivity contribution >= 4 is 5.97 Å². The van der Waals surface area contributed by atoms with Gasteiger partial charge in [-0.1, -0.05) is 36.5 Å². The molecular weight excluding hydrogens is 248 g/mol. The van der Waals surface area contributed by atoms with E-state index in [4.69, 9.17) is 11.2 Å². The highest BCUT2D eigenvalue weighted by Gasteiger charge is 2.01. The van der Waals surface area contributed by atoms with E-state index >= 15 is 0 Å². The van der Waals surface area contributed by atoms with Crippen LogP contribution in [0.25, 0.3) is 0 Å². The summed E-state index contributed by atoms with van der Waals surface area (Å²) < 4.78 is 4.96. The summed E-state index contributed by atoms with van der Waals surface area (Å²) >= 11 is 0. The third-order valence-electron chi connectivity index (χ3n) is 2.70. The van der Waals surface area contributed by atoms with Gasteiger partial charge in [0.05, 0.1) is 0 Å². The molecule has 0 atom stereocenters. The van der Waals surface area contributed by atoms with Gasteiger partial charge in [0.15, 0.2) is 0 Å². The minimum absolute atomic E-state index is 0.157. The van der Waals surface area contributed by atoms with E-state index in [2.05, 4.69) is 17.8 Å². The van der Waals surface area contributed by atoms with Crippen molar-refractivity contribution in [2.45, 2.75) is 38.5 Å². The predicted molar refractivity (Wildman–Crippen MR) is 80.8 cm³/mol. The minimum atomic E-state index is -0.157. The predicted octanol–water partition coefficient (Wildman–Crippen LogP) is 3.56. The van der Waals surface area contributed by atoms with E-state index in [0.717, 1.165) is 31.2 Å². The van der Waals surface area contributed by atoms with Crippen LogP contribution in [0.5, 0.6) is 0 Å². The zero-order chi connectivity index (χ0) is 14.5. The molecular formula is C18H20O2. The van der Waals surface area contributed by atoms with Gasteiger partial charge in [-0.2, -0.15) is 0 Å². The fraction of sp³-hybridized carbons (Fsp3) is 0.389. The average Bonchev–Trinajstić information content (AvgIpc) is 2.47. The number of unbranched alkanes of at least 4 members (excludes halogenated alkanes) is 3. The summed E-state index contributed by atoms with van der Waals surface area (Å²) in [6.45, 7) is 0.331. The molecule has 1 rings (SSSR count). The maximum absolute atomic E-state index is 11.3. The Balaban J connectivity index is 2.02. The number of hydrogen-bond acceptors (Lipinski definition) is 2. The number of terminal acetylenes is 1. The van der Waals surface area contributed by atoms with E-state index in [1.807, 2.05) is 30.3 Å². The van der Waals surface area contributed by atoms with Gasteiger partial charge in [-0.05, 0) is 25.0 Å². The molecule has 0 saturated carbocycles. The third-order valence-corrected chi connectivity index (χ3v) is 2.70. The Morgan fingerprint density at radius 2 is 1.90 bits per heavy atom. The molecule has 20 heavy (non-hydrogen) atoms. The quantitative estimate of drug-likeness (QED) is 0.429. The molecule has 0 spiro atoms. The van der Waals surface area contributed by atoms with Crippen LogP contribution >= 0.6 is 0 Å². The van der Waals surface area contributed by atoms with Gasteiger partial charge in [0.2, 0.25) is 0 Å². The zero-order valence-corrected chi connectivity index (χ0v) is 11.7. The molecule has 1 aromatic rings. The van der Waals surface area contributed by atoms with Crippen molar-refractivity contribution in [2.75, 3.05) is 6.61 Å². The van der Waals surface area contributed by atoms with E-state index in [1.54, 1.807) is 0 Å². The first kappa shape index (κ1) is 15.9. The van der Waals surface area contributed by atoms with Crippen molar-refractivity contribution in [3.63, 3.8) is 0 Å². The monoisotopic (exact) mass is 268 g/mol. The molecule has 104 valence electrons. The highest BCUT2D eigenvalue weighted by atomic mass is 16.5. The standard InChI is InChI=1S/C18H20O2/c1-2-3-16-20-18(19)15-11-6-4-5-8-12-17-13-9-7-10-14-17/h1,7,9-10,13-14H,3-6,11,15-16H2. The molecule has 0 heterocycles. The molecule has 0 unspecified atom stereocenters. The van der Waals surface area contributed by atoms with Crippen molar-refractivity contribution < 1.29 is 9.53 Å². The Morgan fingerprint density at radius 3 is 2.65 bits per heavy atom. The van der Waals surface area contributed by atoms with Crippen LogP contribution in [0.1, 0.15) is 44.1 Å². The van der Waals surface area contributed by atoms with Crippen LogP contribution < -0.4 is 0 Å². The molecule has 0 N–H and O–H groups in total. The summed E-state index contributed by atoms with van der Waals surface area (Å²) in [6, 6.07) is 9.94. The third kappa shape index (κ3) is 8.01. The van der Waals surface area contributed by atoms with Crippen molar-refractivity contribution in [2.24, 2.45) is 0 Å². The Kier molecular flexibility index (Phi) is 8.49. The largest absolute Gasteiger partial charge is 0.465 e. The van der Waals surface area contributed by atoms with Crippen LogP contribution in [0, 0.1) is 24.2 Å². The van der Waals surface area contributed by atoms with E-state index in [-0.39, 0.29) is 5.97 Å². The lowest BCUT2D eigenvalue weighted by atomic mass is 10.1. The molecule has 0 aliphatic heterocycles. The second kappa shape index (κ2) is 10.7. The Bertz CT molecular complexity index is 486. The number of ether oxygens (including phenoxy) is 1. The normalized spacial score (nSPS) is 9.15. The van der Waals surface area contributed by atoms with Gasteiger partial charge in [-0.15, -0.1) is 12.3 Å². The van der Waals surface area contributed by atoms with Crippen molar-refractivity contribution in [3.05, 3.63) is 35.9 Å². The van der Waals surface area contributed by atoms with Gasteiger partial charge < -0.3 is 4.74 Å². The zero-order valence-electron chi connectivity index (χ0n) is 11.7. The maximum atomic E-state index is 11.3. The summed E-state index contributed by atoms with van der Waals surface area (Å²) in [5, 5.41) is 0. The van der Waals surface area contributed by atoms with E-state index < -0.39 is 0 Å². The molecule has 0 aliphatic rings. The summed E-state index contributed by atoms with van der Waals surface area (Å²) in [7, 11) is 0. The Hall–Kier alpha value is -2.19. The van der Waals surface area contributed by atoms with Crippen molar-refractivity contribution in [1.29, 1.82) is 0 Å². The van der Waals surface area contributed by atoms with Gasteiger partial charge >= 0.3 is 5.97 Å². The number of benzene rings is 1. The van der Waals surface area contributed by atoms with Crippen LogP contribution in [0.15, 0.2) is 30.3 Å². The molecule has 0 aliphatic carbocycles. The summed E-state index contributed by atoms with van der Waals surface area (Å²) in [6.07, 6.45) is 9.74. The van der Waals surface area contributed by atoms with Gasteiger partial charge in [-0.25, -0.2) is 0 Å². The first-order chi connectivity index (χ1) is 9.83. The lowest BCUT2D eigenvalue weighted by Gasteiger charge is -2.01. The molecule has 0 saturated heterocycles. The number of esters is 1. The van der Waals surface area contributed by atoms with Crippen LogP contribution in [0.2, 0.25) is 0 Å². The molecule has 0 aromatic heterocycles. The summed E-state index contributed by atoms with van der Waals surface area (Å²) in [5.74, 6) is 8.54. The highest BCUT2D eigenvalue weighted by molar-refractivity contribution is 5.69. The fourth-order valence-electron chi connectivity index (χ4n) is 1.64. The van der Waals surface area contributed by atoms with Gasteiger partial charge in [0, 0.05) is 24.8 Å². The molecule has 2 heteroatoms. The smallest absolute Gasteiger partial charge is 0.305 e. The van der Waals surface area contributed by atoms with Gasteiger partial charge in [0.1, 0.15) is 6.61 Å². The lowest BCUT2D eigenvalue weighted by molar-refractivity contribution is -0.143.